The number of morpholine rings is 1. The van der Waals surface area contributed by atoms with Gasteiger partial charge in [-0.05, 0) is 24.8 Å². The van der Waals surface area contributed by atoms with E-state index in [2.05, 4.69) is 36.3 Å². The number of carboxylic acids is 1. The van der Waals surface area contributed by atoms with E-state index in [-0.39, 0.29) is 17.7 Å². The first kappa shape index (κ1) is 25.4. The molecule has 1 aromatic rings. The average molecular weight is 465 g/mol. The maximum absolute atomic E-state index is 14.9. The molecule has 8 nitrogen and oxygen atoms in total. The van der Waals surface area contributed by atoms with E-state index in [0.717, 1.165) is 26.1 Å². The molecule has 2 saturated heterocycles. The molecule has 3 rings (SSSR count). The van der Waals surface area contributed by atoms with Crippen molar-refractivity contribution in [3.05, 3.63) is 29.6 Å². The number of ether oxygens (including phenoxy) is 1. The summed E-state index contributed by atoms with van der Waals surface area (Å²) in [7, 11) is 0. The van der Waals surface area contributed by atoms with E-state index < -0.39 is 23.5 Å². The summed E-state index contributed by atoms with van der Waals surface area (Å²) < 4.78 is 20.3. The molecule has 2 atom stereocenters. The number of carbonyl (C=O) groups excluding carboxylic acids is 1. The number of rotatable bonds is 9. The summed E-state index contributed by atoms with van der Waals surface area (Å²) in [6, 6.07) is 4.81. The van der Waals surface area contributed by atoms with Crippen LogP contribution in [-0.4, -0.2) is 78.3 Å². The van der Waals surface area contributed by atoms with Crippen LogP contribution in [0, 0.1) is 11.2 Å². The van der Waals surface area contributed by atoms with Crippen LogP contribution in [0.5, 0.6) is 0 Å². The Hall–Kier alpha value is -2.23. The molecule has 3 N–H and O–H groups in total. The van der Waals surface area contributed by atoms with Gasteiger partial charge in [-0.3, -0.25) is 19.8 Å². The number of aliphatic carboxylic acids is 1. The van der Waals surface area contributed by atoms with Crippen LogP contribution in [0.25, 0.3) is 0 Å². The smallest absolute Gasteiger partial charge is 0.305 e. The van der Waals surface area contributed by atoms with Crippen molar-refractivity contribution in [1.29, 1.82) is 0 Å². The first-order chi connectivity index (χ1) is 15.5. The minimum absolute atomic E-state index is 0.0161. The fourth-order valence-electron chi connectivity index (χ4n) is 4.36. The Morgan fingerprint density at radius 3 is 2.64 bits per heavy atom. The van der Waals surface area contributed by atoms with Crippen molar-refractivity contribution < 1.29 is 23.8 Å². The Balaban J connectivity index is 1.84. The number of carboxylic acid groups (broad SMARTS) is 1. The number of amides is 1. The van der Waals surface area contributed by atoms with Crippen molar-refractivity contribution >= 4 is 17.6 Å². The minimum atomic E-state index is -1.26. The summed E-state index contributed by atoms with van der Waals surface area (Å²) in [6.07, 6.45) is -0.232. The molecule has 1 unspecified atom stereocenters. The summed E-state index contributed by atoms with van der Waals surface area (Å²) in [6.45, 7) is 12.7. The van der Waals surface area contributed by atoms with Crippen LogP contribution < -0.4 is 10.6 Å². The van der Waals surface area contributed by atoms with Gasteiger partial charge in [0.2, 0.25) is 5.91 Å². The second-order valence-corrected chi connectivity index (χ2v) is 10.3. The van der Waals surface area contributed by atoms with Crippen LogP contribution in [0.2, 0.25) is 0 Å². The highest BCUT2D eigenvalue weighted by Crippen LogP contribution is 2.38. The summed E-state index contributed by atoms with van der Waals surface area (Å²) in [4.78, 5) is 28.8. The predicted molar refractivity (Wildman–Crippen MR) is 124 cm³/mol. The third-order valence-corrected chi connectivity index (χ3v) is 6.28. The largest absolute Gasteiger partial charge is 0.481 e. The number of benzene rings is 1. The Morgan fingerprint density at radius 1 is 1.30 bits per heavy atom. The highest BCUT2D eigenvalue weighted by molar-refractivity contribution is 5.92. The second-order valence-electron chi connectivity index (χ2n) is 10.3. The lowest BCUT2D eigenvalue weighted by molar-refractivity contribution is -0.143. The van der Waals surface area contributed by atoms with E-state index in [4.69, 9.17) is 4.74 Å². The van der Waals surface area contributed by atoms with Crippen molar-refractivity contribution in [1.82, 2.24) is 15.1 Å². The third kappa shape index (κ3) is 6.43. The number of halogens is 1. The fourth-order valence-corrected chi connectivity index (χ4v) is 4.36. The molecule has 0 aromatic heterocycles. The first-order valence-electron chi connectivity index (χ1n) is 11.6. The summed E-state index contributed by atoms with van der Waals surface area (Å²) in [5.41, 5.74) is -0.325. The van der Waals surface area contributed by atoms with Gasteiger partial charge in [0.25, 0.3) is 0 Å². The second kappa shape index (κ2) is 10.4. The van der Waals surface area contributed by atoms with Crippen molar-refractivity contribution in [2.45, 2.75) is 52.2 Å². The highest BCUT2D eigenvalue weighted by Gasteiger charge is 2.50. The number of nitrogens with one attached hydrogen (secondary N) is 2. The average Bonchev–Trinajstić information content (AvgIpc) is 2.97. The Labute approximate surface area is 195 Å². The van der Waals surface area contributed by atoms with Gasteiger partial charge >= 0.3 is 5.97 Å². The van der Waals surface area contributed by atoms with Crippen molar-refractivity contribution in [3.63, 3.8) is 0 Å². The van der Waals surface area contributed by atoms with E-state index in [1.165, 1.54) is 6.07 Å². The number of anilines is 1. The molecule has 1 aromatic carbocycles. The third-order valence-electron chi connectivity index (χ3n) is 6.28. The zero-order valence-electron chi connectivity index (χ0n) is 20.1. The first-order valence-corrected chi connectivity index (χ1v) is 11.6. The fraction of sp³-hybridized carbons (Fsp3) is 0.667. The molecule has 2 aliphatic heterocycles. The molecule has 184 valence electrons. The van der Waals surface area contributed by atoms with Gasteiger partial charge in [0.05, 0.1) is 25.3 Å². The molecule has 2 aliphatic rings. The quantitative estimate of drug-likeness (QED) is 0.517. The Kier molecular flexibility index (Phi) is 7.97. The van der Waals surface area contributed by atoms with Crippen LogP contribution in [0.1, 0.15) is 52.3 Å². The van der Waals surface area contributed by atoms with E-state index in [1.807, 2.05) is 0 Å². The number of hydrogen-bond donors (Lipinski definition) is 3. The van der Waals surface area contributed by atoms with Gasteiger partial charge in [0.1, 0.15) is 17.5 Å². The molecular formula is C24H37FN4O4. The van der Waals surface area contributed by atoms with Crippen LogP contribution in [-0.2, 0) is 14.3 Å². The molecule has 0 spiro atoms. The van der Waals surface area contributed by atoms with E-state index in [0.29, 0.717) is 37.6 Å². The maximum Gasteiger partial charge on any atom is 0.305 e. The molecule has 9 heteroatoms. The summed E-state index contributed by atoms with van der Waals surface area (Å²) in [5.74, 6) is -1.73. The highest BCUT2D eigenvalue weighted by atomic mass is 19.1. The maximum atomic E-state index is 14.9. The van der Waals surface area contributed by atoms with Gasteiger partial charge in [0.15, 0.2) is 0 Å². The molecule has 0 radical (unpaired) electrons. The number of nitrogens with zero attached hydrogens (tertiary/aromatic N) is 2. The van der Waals surface area contributed by atoms with Crippen molar-refractivity contribution in [2.24, 2.45) is 5.41 Å². The van der Waals surface area contributed by atoms with Gasteiger partial charge < -0.3 is 20.1 Å². The molecule has 1 amide bonds. The zero-order chi connectivity index (χ0) is 24.2. The summed E-state index contributed by atoms with van der Waals surface area (Å²) >= 11 is 0. The molecule has 0 aliphatic carbocycles. The lowest BCUT2D eigenvalue weighted by atomic mass is 9.91. The molecule has 0 bridgehead atoms. The van der Waals surface area contributed by atoms with Gasteiger partial charge in [-0.15, -0.1) is 0 Å². The van der Waals surface area contributed by atoms with E-state index in [9.17, 15) is 19.1 Å². The number of carbonyl (C=O) groups is 2. The predicted octanol–water partition coefficient (Wildman–Crippen LogP) is 2.67. The standard InChI is InChI=1S/C24H37FN4O4/c1-23(2,3)8-10-29-21(27-24(4,22(29)32)16-19(30)31)17-6-5-7-18(25)20(17)26-9-11-28-12-14-33-15-13-28/h5-7,21,26-27H,8-16H2,1-4H3,(H,30,31)/t21?,24-/m0/s1. The molecule has 0 saturated carbocycles. The lowest BCUT2D eigenvalue weighted by Crippen LogP contribution is -2.45. The van der Waals surface area contributed by atoms with Gasteiger partial charge in [0, 0.05) is 38.3 Å². The van der Waals surface area contributed by atoms with Crippen LogP contribution >= 0.6 is 0 Å². The monoisotopic (exact) mass is 464 g/mol. The Bertz CT molecular complexity index is 853. The van der Waals surface area contributed by atoms with Gasteiger partial charge in [-0.25, -0.2) is 4.39 Å². The van der Waals surface area contributed by atoms with Crippen LogP contribution in [0.4, 0.5) is 10.1 Å². The van der Waals surface area contributed by atoms with Crippen LogP contribution in [0.15, 0.2) is 18.2 Å². The van der Waals surface area contributed by atoms with Gasteiger partial charge in [-0.2, -0.15) is 0 Å². The number of hydrogen-bond acceptors (Lipinski definition) is 6. The van der Waals surface area contributed by atoms with Gasteiger partial charge in [-0.1, -0.05) is 32.9 Å². The Morgan fingerprint density at radius 2 is 2.00 bits per heavy atom. The topological polar surface area (TPSA) is 94.1 Å². The minimum Gasteiger partial charge on any atom is -0.481 e. The van der Waals surface area contributed by atoms with Crippen LogP contribution in [0.3, 0.4) is 0 Å². The number of para-hydroxylation sites is 1. The molecule has 2 heterocycles. The van der Waals surface area contributed by atoms with Crippen molar-refractivity contribution in [2.75, 3.05) is 51.3 Å². The van der Waals surface area contributed by atoms with E-state index in [1.54, 1.807) is 24.0 Å². The molecular weight excluding hydrogens is 427 g/mol. The lowest BCUT2D eigenvalue weighted by Gasteiger charge is -2.30. The van der Waals surface area contributed by atoms with E-state index >= 15 is 0 Å². The zero-order valence-corrected chi connectivity index (χ0v) is 20.1. The molecule has 2 fully saturated rings. The van der Waals surface area contributed by atoms with Crippen molar-refractivity contribution in [3.8, 4) is 0 Å². The normalized spacial score (nSPS) is 24.3. The SMILES string of the molecule is CC(C)(C)CCN1C(=O)[C@](C)(CC(=O)O)NC1c1cccc(F)c1NCCN1CCOCC1. The summed E-state index contributed by atoms with van der Waals surface area (Å²) in [5, 5.41) is 15.9. The molecule has 33 heavy (non-hydrogen) atoms.